The van der Waals surface area contributed by atoms with Crippen molar-refractivity contribution in [2.24, 2.45) is 5.41 Å². The first kappa shape index (κ1) is 9.03. The standard InChI is InChI=1S/C13H15NO/c14-10-12-3-6-13(7-4-12,8-5-12)11-2-1-9-15-11/h1-2,9H,3-8H2. The van der Waals surface area contributed by atoms with Crippen molar-refractivity contribution in [3.05, 3.63) is 24.2 Å². The second-order valence-corrected chi connectivity index (χ2v) is 5.15. The van der Waals surface area contributed by atoms with E-state index in [2.05, 4.69) is 12.1 Å². The largest absolute Gasteiger partial charge is 0.469 e. The molecule has 0 aliphatic heterocycles. The Morgan fingerprint density at radius 1 is 1.13 bits per heavy atom. The molecule has 3 fully saturated rings. The summed E-state index contributed by atoms with van der Waals surface area (Å²) < 4.78 is 5.58. The Morgan fingerprint density at radius 2 is 1.80 bits per heavy atom. The zero-order valence-electron chi connectivity index (χ0n) is 8.83. The molecule has 0 saturated heterocycles. The van der Waals surface area contributed by atoms with Crippen LogP contribution in [-0.2, 0) is 5.41 Å². The molecule has 1 heterocycles. The van der Waals surface area contributed by atoms with E-state index in [1.807, 2.05) is 6.07 Å². The predicted molar refractivity (Wildman–Crippen MR) is 56.1 cm³/mol. The molecule has 2 heteroatoms. The molecule has 1 aromatic heterocycles. The lowest BCUT2D eigenvalue weighted by Crippen LogP contribution is -2.43. The molecule has 0 aromatic carbocycles. The van der Waals surface area contributed by atoms with Crippen molar-refractivity contribution < 1.29 is 4.42 Å². The van der Waals surface area contributed by atoms with Crippen LogP contribution in [0.25, 0.3) is 0 Å². The number of nitriles is 1. The van der Waals surface area contributed by atoms with Crippen LogP contribution < -0.4 is 0 Å². The zero-order chi connectivity index (χ0) is 10.4. The van der Waals surface area contributed by atoms with Gasteiger partial charge in [0.15, 0.2) is 0 Å². The molecular formula is C13H15NO. The first-order valence-electron chi connectivity index (χ1n) is 5.74. The molecule has 0 amide bonds. The number of fused-ring (bicyclic) bond motifs is 3. The van der Waals surface area contributed by atoms with E-state index < -0.39 is 0 Å². The van der Waals surface area contributed by atoms with Crippen LogP contribution in [0.15, 0.2) is 22.8 Å². The Hall–Kier alpha value is -1.23. The Kier molecular flexibility index (Phi) is 1.74. The van der Waals surface area contributed by atoms with E-state index in [1.165, 1.54) is 0 Å². The van der Waals surface area contributed by atoms with Crippen molar-refractivity contribution in [2.75, 3.05) is 0 Å². The average molecular weight is 201 g/mol. The summed E-state index contributed by atoms with van der Waals surface area (Å²) in [6, 6.07) is 6.62. The molecule has 2 bridgehead atoms. The normalized spacial score (nSPS) is 38.9. The van der Waals surface area contributed by atoms with Gasteiger partial charge in [-0.3, -0.25) is 0 Å². The lowest BCUT2D eigenvalue weighted by atomic mass is 9.53. The van der Waals surface area contributed by atoms with Crippen LogP contribution in [0.4, 0.5) is 0 Å². The molecule has 3 aliphatic rings. The summed E-state index contributed by atoms with van der Waals surface area (Å²) >= 11 is 0. The SMILES string of the molecule is N#CC12CCC(c3ccco3)(CC1)CC2. The molecule has 15 heavy (non-hydrogen) atoms. The highest BCUT2D eigenvalue weighted by molar-refractivity contribution is 5.22. The topological polar surface area (TPSA) is 36.9 Å². The monoisotopic (exact) mass is 201 g/mol. The van der Waals surface area contributed by atoms with Crippen molar-refractivity contribution in [1.29, 1.82) is 5.26 Å². The van der Waals surface area contributed by atoms with Gasteiger partial charge in [-0.15, -0.1) is 0 Å². The summed E-state index contributed by atoms with van der Waals surface area (Å²) in [6.07, 6.45) is 8.35. The predicted octanol–water partition coefficient (Wildman–Crippen LogP) is 3.40. The van der Waals surface area contributed by atoms with Crippen molar-refractivity contribution in [1.82, 2.24) is 0 Å². The van der Waals surface area contributed by atoms with E-state index in [0.29, 0.717) is 0 Å². The number of nitrogens with zero attached hydrogens (tertiary/aromatic N) is 1. The number of hydrogen-bond donors (Lipinski definition) is 0. The average Bonchev–Trinajstić information content (AvgIpc) is 2.86. The molecule has 3 saturated carbocycles. The van der Waals surface area contributed by atoms with Crippen LogP contribution in [0.5, 0.6) is 0 Å². The van der Waals surface area contributed by atoms with Gasteiger partial charge in [-0.25, -0.2) is 0 Å². The molecule has 78 valence electrons. The van der Waals surface area contributed by atoms with Crippen molar-refractivity contribution in [3.63, 3.8) is 0 Å². The highest BCUT2D eigenvalue weighted by atomic mass is 16.3. The molecular weight excluding hydrogens is 186 g/mol. The second-order valence-electron chi connectivity index (χ2n) is 5.15. The van der Waals surface area contributed by atoms with Crippen LogP contribution in [0.3, 0.4) is 0 Å². The summed E-state index contributed by atoms with van der Waals surface area (Å²) in [5, 5.41) is 9.21. The van der Waals surface area contributed by atoms with Gasteiger partial charge in [0.1, 0.15) is 5.76 Å². The minimum atomic E-state index is 0.00828. The zero-order valence-corrected chi connectivity index (χ0v) is 8.83. The highest BCUT2D eigenvalue weighted by Crippen LogP contribution is 2.57. The third-order valence-electron chi connectivity index (χ3n) is 4.53. The maximum atomic E-state index is 9.21. The van der Waals surface area contributed by atoms with Gasteiger partial charge in [0.05, 0.1) is 17.7 Å². The van der Waals surface area contributed by atoms with Gasteiger partial charge in [0.25, 0.3) is 0 Å². The fourth-order valence-electron chi connectivity index (χ4n) is 3.30. The van der Waals surface area contributed by atoms with Gasteiger partial charge in [-0.1, -0.05) is 0 Å². The molecule has 4 rings (SSSR count). The summed E-state index contributed by atoms with van der Waals surface area (Å²) in [4.78, 5) is 0. The van der Waals surface area contributed by atoms with Crippen LogP contribution in [-0.4, -0.2) is 0 Å². The van der Waals surface area contributed by atoms with Crippen LogP contribution >= 0.6 is 0 Å². The van der Waals surface area contributed by atoms with Gasteiger partial charge in [0, 0.05) is 5.41 Å². The van der Waals surface area contributed by atoms with Crippen LogP contribution in [0.2, 0.25) is 0 Å². The number of furan rings is 1. The van der Waals surface area contributed by atoms with Crippen molar-refractivity contribution in [3.8, 4) is 6.07 Å². The van der Waals surface area contributed by atoms with Gasteiger partial charge in [-0.05, 0) is 50.7 Å². The molecule has 0 radical (unpaired) electrons. The number of hydrogen-bond acceptors (Lipinski definition) is 2. The second kappa shape index (κ2) is 2.88. The Labute approximate surface area is 89.9 Å². The maximum Gasteiger partial charge on any atom is 0.109 e. The Bertz CT molecular complexity index is 374. The summed E-state index contributed by atoms with van der Waals surface area (Å²) in [5.74, 6) is 1.15. The first-order valence-corrected chi connectivity index (χ1v) is 5.74. The van der Waals surface area contributed by atoms with E-state index in [-0.39, 0.29) is 10.8 Å². The number of rotatable bonds is 1. The summed E-state index contributed by atoms with van der Waals surface area (Å²) in [5.41, 5.74) is 0.274. The molecule has 3 aliphatic carbocycles. The van der Waals surface area contributed by atoms with E-state index >= 15 is 0 Å². The molecule has 2 nitrogen and oxygen atoms in total. The Morgan fingerprint density at radius 3 is 2.27 bits per heavy atom. The lowest BCUT2D eigenvalue weighted by Gasteiger charge is -2.49. The van der Waals surface area contributed by atoms with E-state index in [0.717, 1.165) is 44.3 Å². The van der Waals surface area contributed by atoms with E-state index in [4.69, 9.17) is 4.42 Å². The third kappa shape index (κ3) is 1.16. The van der Waals surface area contributed by atoms with Gasteiger partial charge >= 0.3 is 0 Å². The maximum absolute atomic E-state index is 9.21. The summed E-state index contributed by atoms with van der Waals surface area (Å²) in [6.45, 7) is 0. The van der Waals surface area contributed by atoms with Gasteiger partial charge in [-0.2, -0.15) is 5.26 Å². The van der Waals surface area contributed by atoms with E-state index in [1.54, 1.807) is 6.26 Å². The molecule has 0 N–H and O–H groups in total. The first-order chi connectivity index (χ1) is 7.29. The minimum absolute atomic E-state index is 0.00828. The molecule has 1 aromatic rings. The molecule has 0 unspecified atom stereocenters. The van der Waals surface area contributed by atoms with Gasteiger partial charge < -0.3 is 4.42 Å². The van der Waals surface area contributed by atoms with Crippen molar-refractivity contribution in [2.45, 2.75) is 43.9 Å². The Balaban J connectivity index is 1.92. The lowest BCUT2D eigenvalue weighted by molar-refractivity contribution is 0.0697. The smallest absolute Gasteiger partial charge is 0.109 e. The van der Waals surface area contributed by atoms with E-state index in [9.17, 15) is 5.26 Å². The third-order valence-corrected chi connectivity index (χ3v) is 4.53. The minimum Gasteiger partial charge on any atom is -0.469 e. The summed E-state index contributed by atoms with van der Waals surface area (Å²) in [7, 11) is 0. The molecule has 0 atom stereocenters. The quantitative estimate of drug-likeness (QED) is 0.698. The highest BCUT2D eigenvalue weighted by Gasteiger charge is 2.50. The van der Waals surface area contributed by atoms with Gasteiger partial charge in [0.2, 0.25) is 0 Å². The molecule has 0 spiro atoms. The fourth-order valence-corrected chi connectivity index (χ4v) is 3.30. The van der Waals surface area contributed by atoms with Crippen LogP contribution in [0.1, 0.15) is 44.3 Å². The van der Waals surface area contributed by atoms with Crippen molar-refractivity contribution >= 4 is 0 Å². The van der Waals surface area contributed by atoms with Crippen LogP contribution in [0, 0.1) is 16.7 Å². The fraction of sp³-hybridized carbons (Fsp3) is 0.615.